The largest absolute Gasteiger partial charge is 0.474 e. The maximum absolute atomic E-state index is 13.0. The van der Waals surface area contributed by atoms with E-state index in [0.29, 0.717) is 29.6 Å². The minimum atomic E-state index is -0.549. The number of fused-ring (bicyclic) bond motifs is 1. The number of carbonyl (C=O) groups excluding carboxylic acids is 3. The Morgan fingerprint density at radius 2 is 2.00 bits per heavy atom. The van der Waals surface area contributed by atoms with Gasteiger partial charge in [0.2, 0.25) is 11.8 Å². The first kappa shape index (κ1) is 26.6. The molecule has 5 rings (SSSR count). The molecule has 2 aromatic heterocycles. The number of benzene rings is 1. The minimum absolute atomic E-state index is 0.0299. The molecule has 1 aromatic carbocycles. The van der Waals surface area contributed by atoms with Crippen molar-refractivity contribution < 1.29 is 19.1 Å². The van der Waals surface area contributed by atoms with Crippen molar-refractivity contribution in [2.24, 2.45) is 17.1 Å². The standard InChI is InChI=1S/C28H31ClN4O4S/c1-33(15-17-2-4-19(29)5-3-17)16-18(6-8-34)26(36)31-20-11-28(12-20)13-21(14-28)37-27-22(25(30)35)10-24-23(32-27)7-9-38-24/h2-5,7-10,18,20-21H,6,11-16H2,1H3,(H2,30,35)(H,31,36). The molecular formula is C28H31ClN4O4S. The lowest BCUT2D eigenvalue weighted by atomic mass is 9.53. The fourth-order valence-electron chi connectivity index (χ4n) is 5.75. The molecule has 0 radical (unpaired) electrons. The second-order valence-corrected chi connectivity index (χ2v) is 12.1. The zero-order chi connectivity index (χ0) is 26.9. The molecule has 2 fully saturated rings. The Kier molecular flexibility index (Phi) is 7.70. The summed E-state index contributed by atoms with van der Waals surface area (Å²) in [5, 5.41) is 5.76. The van der Waals surface area contributed by atoms with Gasteiger partial charge in [0, 0.05) is 30.6 Å². The molecule has 2 aliphatic carbocycles. The molecular weight excluding hydrogens is 524 g/mol. The van der Waals surface area contributed by atoms with Gasteiger partial charge < -0.3 is 25.5 Å². The van der Waals surface area contributed by atoms with E-state index in [1.807, 2.05) is 42.8 Å². The number of primary amides is 1. The highest BCUT2D eigenvalue weighted by Crippen LogP contribution is 2.57. The lowest BCUT2D eigenvalue weighted by Gasteiger charge is -2.57. The van der Waals surface area contributed by atoms with Crippen LogP contribution in [0.1, 0.15) is 48.0 Å². The van der Waals surface area contributed by atoms with Crippen molar-refractivity contribution in [2.45, 2.75) is 50.8 Å². The summed E-state index contributed by atoms with van der Waals surface area (Å²) in [5.41, 5.74) is 7.90. The van der Waals surface area contributed by atoms with E-state index in [0.717, 1.165) is 47.7 Å². The Hall–Kier alpha value is -3.01. The molecule has 3 aromatic rings. The molecule has 2 saturated carbocycles. The van der Waals surface area contributed by atoms with Crippen LogP contribution in [0.2, 0.25) is 5.02 Å². The Labute approximate surface area is 230 Å². The van der Waals surface area contributed by atoms with E-state index in [1.165, 1.54) is 11.3 Å². The summed E-state index contributed by atoms with van der Waals surface area (Å²) in [6, 6.07) is 11.4. The number of carbonyl (C=O) groups is 3. The number of ether oxygens (including phenoxy) is 1. The smallest absolute Gasteiger partial charge is 0.254 e. The van der Waals surface area contributed by atoms with Crippen LogP contribution in [-0.2, 0) is 16.1 Å². The maximum atomic E-state index is 13.0. The molecule has 1 atom stereocenters. The molecule has 1 spiro atoms. The van der Waals surface area contributed by atoms with E-state index in [-0.39, 0.29) is 29.9 Å². The van der Waals surface area contributed by atoms with E-state index in [4.69, 9.17) is 22.1 Å². The van der Waals surface area contributed by atoms with Crippen LogP contribution < -0.4 is 15.8 Å². The van der Waals surface area contributed by atoms with Gasteiger partial charge in [-0.05, 0) is 73.4 Å². The molecule has 10 heteroatoms. The number of aromatic nitrogens is 1. The molecule has 200 valence electrons. The number of hydrogen-bond acceptors (Lipinski definition) is 7. The van der Waals surface area contributed by atoms with Crippen LogP contribution in [0.5, 0.6) is 5.88 Å². The zero-order valence-corrected chi connectivity index (χ0v) is 22.8. The number of aldehydes is 1. The predicted molar refractivity (Wildman–Crippen MR) is 147 cm³/mol. The molecule has 2 amide bonds. The SMILES string of the molecule is CN(Cc1ccc(Cl)cc1)CC(CC=O)C(=O)NC1CC2(C1)CC(Oc1nc3ccsc3cc1C(N)=O)C2. The molecule has 0 saturated heterocycles. The third kappa shape index (κ3) is 5.85. The lowest BCUT2D eigenvalue weighted by Crippen LogP contribution is -2.59. The quantitative estimate of drug-likeness (QED) is 0.343. The van der Waals surface area contributed by atoms with Gasteiger partial charge in [0.05, 0.1) is 16.1 Å². The summed E-state index contributed by atoms with van der Waals surface area (Å²) in [5.74, 6) is -0.727. The average Bonchev–Trinajstić information content (AvgIpc) is 3.29. The minimum Gasteiger partial charge on any atom is -0.474 e. The van der Waals surface area contributed by atoms with Crippen molar-refractivity contribution in [3.8, 4) is 5.88 Å². The number of thiophene rings is 1. The van der Waals surface area contributed by atoms with Gasteiger partial charge in [-0.1, -0.05) is 23.7 Å². The number of hydrogen-bond donors (Lipinski definition) is 2. The Bertz CT molecular complexity index is 1330. The maximum Gasteiger partial charge on any atom is 0.254 e. The first-order valence-electron chi connectivity index (χ1n) is 12.8. The Morgan fingerprint density at radius 3 is 2.68 bits per heavy atom. The van der Waals surface area contributed by atoms with Crippen LogP contribution in [-0.4, -0.2) is 53.7 Å². The summed E-state index contributed by atoms with van der Waals surface area (Å²) >= 11 is 7.47. The van der Waals surface area contributed by atoms with Crippen molar-refractivity contribution in [2.75, 3.05) is 13.6 Å². The molecule has 8 nitrogen and oxygen atoms in total. The summed E-state index contributed by atoms with van der Waals surface area (Å²) < 4.78 is 6.99. The molecule has 2 heterocycles. The highest BCUT2D eigenvalue weighted by molar-refractivity contribution is 7.17. The second-order valence-electron chi connectivity index (χ2n) is 10.7. The number of rotatable bonds is 11. The number of pyridine rings is 1. The van der Waals surface area contributed by atoms with Crippen molar-refractivity contribution in [3.05, 3.63) is 57.9 Å². The highest BCUT2D eigenvalue weighted by Gasteiger charge is 2.54. The zero-order valence-electron chi connectivity index (χ0n) is 21.2. The number of amides is 2. The van der Waals surface area contributed by atoms with Gasteiger partial charge in [0.1, 0.15) is 18.0 Å². The number of nitrogens with one attached hydrogen (secondary N) is 1. The summed E-state index contributed by atoms with van der Waals surface area (Å²) in [4.78, 5) is 42.7. The van der Waals surface area contributed by atoms with Crippen LogP contribution in [0.4, 0.5) is 0 Å². The van der Waals surface area contributed by atoms with Crippen molar-refractivity contribution in [1.29, 1.82) is 0 Å². The fourth-order valence-corrected chi connectivity index (χ4v) is 6.64. The first-order chi connectivity index (χ1) is 18.2. The summed E-state index contributed by atoms with van der Waals surface area (Å²) in [7, 11) is 1.95. The van der Waals surface area contributed by atoms with Gasteiger partial charge in [-0.25, -0.2) is 4.98 Å². The van der Waals surface area contributed by atoms with E-state index in [2.05, 4.69) is 15.2 Å². The van der Waals surface area contributed by atoms with E-state index in [1.54, 1.807) is 6.07 Å². The van der Waals surface area contributed by atoms with Gasteiger partial charge >= 0.3 is 0 Å². The normalized spacial score (nSPS) is 23.0. The van der Waals surface area contributed by atoms with Gasteiger partial charge in [-0.2, -0.15) is 0 Å². The third-order valence-corrected chi connectivity index (χ3v) is 8.73. The van der Waals surface area contributed by atoms with Crippen molar-refractivity contribution in [1.82, 2.24) is 15.2 Å². The summed E-state index contributed by atoms with van der Waals surface area (Å²) in [6.45, 7) is 1.16. The number of nitrogens with zero attached hydrogens (tertiary/aromatic N) is 2. The van der Waals surface area contributed by atoms with Crippen LogP contribution >= 0.6 is 22.9 Å². The van der Waals surface area contributed by atoms with Crippen LogP contribution in [0, 0.1) is 11.3 Å². The van der Waals surface area contributed by atoms with Crippen LogP contribution in [0.3, 0.4) is 0 Å². The van der Waals surface area contributed by atoms with Crippen LogP contribution in [0.15, 0.2) is 41.8 Å². The van der Waals surface area contributed by atoms with E-state index >= 15 is 0 Å². The molecule has 2 aliphatic rings. The monoisotopic (exact) mass is 554 g/mol. The predicted octanol–water partition coefficient (Wildman–Crippen LogP) is 4.19. The van der Waals surface area contributed by atoms with Gasteiger partial charge in [0.15, 0.2) is 0 Å². The van der Waals surface area contributed by atoms with Crippen molar-refractivity contribution >= 4 is 51.3 Å². The second kappa shape index (κ2) is 11.0. The Morgan fingerprint density at radius 1 is 1.26 bits per heavy atom. The first-order valence-corrected chi connectivity index (χ1v) is 14.0. The van der Waals surface area contributed by atoms with Crippen molar-refractivity contribution in [3.63, 3.8) is 0 Å². The van der Waals surface area contributed by atoms with E-state index in [9.17, 15) is 14.4 Å². The molecule has 1 unspecified atom stereocenters. The average molecular weight is 555 g/mol. The van der Waals surface area contributed by atoms with Gasteiger partial charge in [-0.15, -0.1) is 11.3 Å². The highest BCUT2D eigenvalue weighted by atomic mass is 35.5. The van der Waals surface area contributed by atoms with Gasteiger partial charge in [0.25, 0.3) is 5.91 Å². The number of nitrogens with two attached hydrogens (primary N) is 1. The lowest BCUT2D eigenvalue weighted by molar-refractivity contribution is -0.133. The molecule has 3 N–H and O–H groups in total. The van der Waals surface area contributed by atoms with Gasteiger partial charge in [-0.3, -0.25) is 9.59 Å². The van der Waals surface area contributed by atoms with Crippen LogP contribution in [0.25, 0.3) is 10.2 Å². The topological polar surface area (TPSA) is 115 Å². The summed E-state index contributed by atoms with van der Waals surface area (Å²) in [6.07, 6.45) is 4.44. The number of halogens is 1. The van der Waals surface area contributed by atoms with E-state index < -0.39 is 11.8 Å². The third-order valence-electron chi connectivity index (χ3n) is 7.62. The molecule has 0 aliphatic heterocycles. The Balaban J connectivity index is 1.10. The molecule has 0 bridgehead atoms. The fraction of sp³-hybridized carbons (Fsp3) is 0.429. The molecule has 38 heavy (non-hydrogen) atoms.